The fraction of sp³-hybridized carbons (Fsp3) is 0.375. The first-order valence-corrected chi connectivity index (χ1v) is 7.24. The van der Waals surface area contributed by atoms with E-state index in [2.05, 4.69) is 24.0 Å². The van der Waals surface area contributed by atoms with Crippen LogP contribution in [-0.4, -0.2) is 27.5 Å². The normalized spacial score (nSPS) is 14.3. The molecule has 110 valence electrons. The second-order valence-corrected chi connectivity index (χ2v) is 5.79. The van der Waals surface area contributed by atoms with Crippen LogP contribution in [0.5, 0.6) is 0 Å². The first-order valence-electron chi connectivity index (χ1n) is 7.24. The van der Waals surface area contributed by atoms with Crippen molar-refractivity contribution < 1.29 is 4.79 Å². The zero-order valence-corrected chi connectivity index (χ0v) is 12.3. The fourth-order valence-electron chi connectivity index (χ4n) is 2.68. The number of H-pyrrole nitrogens is 2. The van der Waals surface area contributed by atoms with E-state index in [0.29, 0.717) is 36.6 Å². The molecule has 0 fully saturated rings. The third-order valence-corrected chi connectivity index (χ3v) is 4.06. The van der Waals surface area contributed by atoms with Gasteiger partial charge in [0.25, 0.3) is 11.5 Å². The average molecular weight is 285 g/mol. The van der Waals surface area contributed by atoms with Gasteiger partial charge in [-0.15, -0.1) is 0 Å². The van der Waals surface area contributed by atoms with Crippen LogP contribution in [0.25, 0.3) is 0 Å². The van der Waals surface area contributed by atoms with E-state index in [-0.39, 0.29) is 11.5 Å². The van der Waals surface area contributed by atoms with Crippen LogP contribution in [0.2, 0.25) is 0 Å². The summed E-state index contributed by atoms with van der Waals surface area (Å²) >= 11 is 0. The maximum Gasteiger partial charge on any atom is 0.269 e. The molecule has 2 heterocycles. The van der Waals surface area contributed by atoms with Gasteiger partial charge in [0.05, 0.1) is 12.1 Å². The van der Waals surface area contributed by atoms with E-state index in [1.807, 2.05) is 24.3 Å². The summed E-state index contributed by atoms with van der Waals surface area (Å²) in [6.45, 7) is 5.26. The molecule has 5 heteroatoms. The van der Waals surface area contributed by atoms with Gasteiger partial charge in [0.15, 0.2) is 0 Å². The highest BCUT2D eigenvalue weighted by atomic mass is 16.2. The van der Waals surface area contributed by atoms with Gasteiger partial charge >= 0.3 is 0 Å². The molecule has 1 aliphatic rings. The van der Waals surface area contributed by atoms with Crippen molar-refractivity contribution in [1.82, 2.24) is 15.1 Å². The quantitative estimate of drug-likeness (QED) is 0.886. The molecular formula is C16H19N3O2. The van der Waals surface area contributed by atoms with Crippen LogP contribution in [0, 0.1) is 0 Å². The Morgan fingerprint density at radius 2 is 1.90 bits per heavy atom. The Morgan fingerprint density at radius 3 is 2.57 bits per heavy atom. The minimum Gasteiger partial charge on any atom is -0.334 e. The lowest BCUT2D eigenvalue weighted by Gasteiger charge is -2.26. The van der Waals surface area contributed by atoms with E-state index in [9.17, 15) is 9.59 Å². The van der Waals surface area contributed by atoms with Crippen molar-refractivity contribution >= 4 is 5.91 Å². The molecule has 0 spiro atoms. The second-order valence-electron chi connectivity index (χ2n) is 5.79. The van der Waals surface area contributed by atoms with Crippen LogP contribution in [-0.2, 0) is 13.0 Å². The Hall–Kier alpha value is -2.30. The van der Waals surface area contributed by atoms with Crippen molar-refractivity contribution in [3.05, 3.63) is 57.0 Å². The number of nitrogens with zero attached hydrogens (tertiary/aromatic N) is 1. The average Bonchev–Trinajstić information content (AvgIpc) is 2.87. The Balaban J connectivity index is 1.80. The highest BCUT2D eigenvalue weighted by molar-refractivity contribution is 5.94. The van der Waals surface area contributed by atoms with E-state index < -0.39 is 0 Å². The summed E-state index contributed by atoms with van der Waals surface area (Å²) in [7, 11) is 0. The lowest BCUT2D eigenvalue weighted by molar-refractivity contribution is 0.0734. The number of fused-ring (bicyclic) bond motifs is 1. The number of carbonyl (C=O) groups is 1. The number of hydrogen-bond acceptors (Lipinski definition) is 2. The fourth-order valence-corrected chi connectivity index (χ4v) is 2.68. The largest absolute Gasteiger partial charge is 0.334 e. The number of rotatable bonds is 2. The number of aromatic nitrogens is 2. The summed E-state index contributed by atoms with van der Waals surface area (Å²) < 4.78 is 0. The smallest absolute Gasteiger partial charge is 0.269 e. The molecule has 1 aromatic heterocycles. The van der Waals surface area contributed by atoms with Crippen molar-refractivity contribution in [2.24, 2.45) is 0 Å². The van der Waals surface area contributed by atoms with Gasteiger partial charge in [-0.05, 0) is 23.6 Å². The van der Waals surface area contributed by atoms with Crippen molar-refractivity contribution in [3.63, 3.8) is 0 Å². The van der Waals surface area contributed by atoms with Crippen LogP contribution < -0.4 is 5.56 Å². The van der Waals surface area contributed by atoms with Gasteiger partial charge in [0.2, 0.25) is 0 Å². The minimum atomic E-state index is -0.127. The molecular weight excluding hydrogens is 266 g/mol. The van der Waals surface area contributed by atoms with Gasteiger partial charge in [0.1, 0.15) is 0 Å². The molecule has 0 radical (unpaired) electrons. The summed E-state index contributed by atoms with van der Waals surface area (Å²) in [6.07, 6.45) is 0.684. The van der Waals surface area contributed by atoms with Crippen molar-refractivity contribution in [2.75, 3.05) is 6.54 Å². The molecule has 0 unspecified atom stereocenters. The van der Waals surface area contributed by atoms with Crippen LogP contribution in [0.1, 0.15) is 46.9 Å². The minimum absolute atomic E-state index is 0.0171. The van der Waals surface area contributed by atoms with Gasteiger partial charge in [-0.2, -0.15) is 0 Å². The number of hydrogen-bond donors (Lipinski definition) is 2. The second kappa shape index (κ2) is 5.24. The molecule has 1 amide bonds. The van der Waals surface area contributed by atoms with Crippen LogP contribution in [0.4, 0.5) is 0 Å². The summed E-state index contributed by atoms with van der Waals surface area (Å²) in [4.78, 5) is 25.9. The van der Waals surface area contributed by atoms with Crippen LogP contribution >= 0.6 is 0 Å². The van der Waals surface area contributed by atoms with E-state index in [1.54, 1.807) is 4.90 Å². The van der Waals surface area contributed by atoms with Gasteiger partial charge < -0.3 is 10.00 Å². The highest BCUT2D eigenvalue weighted by Crippen LogP contribution is 2.18. The molecule has 0 saturated carbocycles. The highest BCUT2D eigenvalue weighted by Gasteiger charge is 2.24. The lowest BCUT2D eigenvalue weighted by Crippen LogP contribution is -2.37. The van der Waals surface area contributed by atoms with Crippen molar-refractivity contribution in [2.45, 2.75) is 32.7 Å². The first kappa shape index (κ1) is 13.7. The molecule has 5 nitrogen and oxygen atoms in total. The number of amides is 1. The molecule has 21 heavy (non-hydrogen) atoms. The Kier molecular flexibility index (Phi) is 3.41. The van der Waals surface area contributed by atoms with Gasteiger partial charge in [-0.3, -0.25) is 14.7 Å². The van der Waals surface area contributed by atoms with Crippen LogP contribution in [0.3, 0.4) is 0 Å². The Labute approximate surface area is 123 Å². The molecule has 2 aromatic rings. The Bertz CT molecular complexity index is 710. The van der Waals surface area contributed by atoms with Gasteiger partial charge in [-0.1, -0.05) is 26.0 Å². The van der Waals surface area contributed by atoms with Gasteiger partial charge in [0, 0.05) is 24.2 Å². The zero-order valence-electron chi connectivity index (χ0n) is 12.3. The third kappa shape index (κ3) is 2.51. The molecule has 0 atom stereocenters. The Morgan fingerprint density at radius 1 is 1.19 bits per heavy atom. The number of aromatic amines is 2. The SMILES string of the molecule is CC(C)c1ccc(C(=O)N2CCc3[nH][nH]c(=O)c3C2)cc1. The maximum absolute atomic E-state index is 12.5. The summed E-state index contributed by atoms with van der Waals surface area (Å²) in [5.74, 6) is 0.432. The molecule has 0 aliphatic carbocycles. The number of benzene rings is 1. The van der Waals surface area contributed by atoms with E-state index >= 15 is 0 Å². The standard InChI is InChI=1S/C16H19N3O2/c1-10(2)11-3-5-12(6-4-11)16(21)19-8-7-14-13(9-19)15(20)18-17-14/h3-6,10H,7-9H2,1-2H3,(H2,17,18,20). The first-order chi connectivity index (χ1) is 10.1. The zero-order chi connectivity index (χ0) is 15.0. The number of nitrogens with one attached hydrogen (secondary N) is 2. The summed E-state index contributed by atoms with van der Waals surface area (Å²) in [6, 6.07) is 7.73. The van der Waals surface area contributed by atoms with E-state index in [1.165, 1.54) is 5.56 Å². The van der Waals surface area contributed by atoms with Crippen molar-refractivity contribution in [1.29, 1.82) is 0 Å². The predicted octanol–water partition coefficient (Wildman–Crippen LogP) is 2.02. The molecule has 1 aromatic carbocycles. The molecule has 2 N–H and O–H groups in total. The summed E-state index contributed by atoms with van der Waals surface area (Å²) in [5.41, 5.74) is 3.36. The topological polar surface area (TPSA) is 69.0 Å². The van der Waals surface area contributed by atoms with Crippen LogP contribution in [0.15, 0.2) is 29.1 Å². The monoisotopic (exact) mass is 285 g/mol. The lowest BCUT2D eigenvalue weighted by atomic mass is 10.0. The molecule has 3 rings (SSSR count). The molecule has 1 aliphatic heterocycles. The van der Waals surface area contributed by atoms with E-state index in [0.717, 1.165) is 5.69 Å². The third-order valence-electron chi connectivity index (χ3n) is 4.06. The number of carbonyl (C=O) groups excluding carboxylic acids is 1. The molecule has 0 bridgehead atoms. The van der Waals surface area contributed by atoms with Gasteiger partial charge in [-0.25, -0.2) is 0 Å². The van der Waals surface area contributed by atoms with E-state index in [4.69, 9.17) is 0 Å². The van der Waals surface area contributed by atoms with Crippen molar-refractivity contribution in [3.8, 4) is 0 Å². The predicted molar refractivity (Wildman–Crippen MR) is 80.4 cm³/mol. The summed E-state index contributed by atoms with van der Waals surface area (Å²) in [5, 5.41) is 5.45. The molecule has 0 saturated heterocycles. The maximum atomic E-state index is 12.5.